The number of hydrogen-bond donors (Lipinski definition) is 2. The van der Waals surface area contributed by atoms with Crippen molar-refractivity contribution in [3.8, 4) is 11.5 Å². The Morgan fingerprint density at radius 2 is 2.24 bits per heavy atom. The third-order valence-corrected chi connectivity index (χ3v) is 3.09. The summed E-state index contributed by atoms with van der Waals surface area (Å²) in [6.07, 6.45) is 2.72. The van der Waals surface area contributed by atoms with Gasteiger partial charge in [0.2, 0.25) is 0 Å². The lowest BCUT2D eigenvalue weighted by atomic mass is 9.96. The molecule has 2 rings (SSSR count). The van der Waals surface area contributed by atoms with Crippen molar-refractivity contribution in [3.05, 3.63) is 35.9 Å². The van der Waals surface area contributed by atoms with E-state index in [1.165, 1.54) is 0 Å². The lowest BCUT2D eigenvalue weighted by Crippen LogP contribution is -2.39. The van der Waals surface area contributed by atoms with Crippen LogP contribution in [-0.4, -0.2) is 21.9 Å². The number of benzene rings is 1. The van der Waals surface area contributed by atoms with Gasteiger partial charge in [-0.2, -0.15) is 0 Å². The summed E-state index contributed by atoms with van der Waals surface area (Å²) >= 11 is 0. The van der Waals surface area contributed by atoms with E-state index in [1.54, 1.807) is 26.0 Å². The first-order valence-electron chi connectivity index (χ1n) is 5.76. The van der Waals surface area contributed by atoms with Crippen LogP contribution in [-0.2, 0) is 12.8 Å². The Morgan fingerprint density at radius 1 is 1.53 bits per heavy atom. The number of aromatic hydroxyl groups is 1. The minimum atomic E-state index is -0.882. The van der Waals surface area contributed by atoms with Crippen molar-refractivity contribution in [3.63, 3.8) is 0 Å². The Balaban J connectivity index is 2.30. The van der Waals surface area contributed by atoms with Gasteiger partial charge in [0, 0.05) is 17.5 Å². The zero-order valence-corrected chi connectivity index (χ0v) is 10.2. The first-order chi connectivity index (χ1) is 7.91. The predicted octanol–water partition coefficient (Wildman–Crippen LogP) is 2.20. The van der Waals surface area contributed by atoms with E-state index in [1.807, 2.05) is 6.07 Å². The summed E-state index contributed by atoms with van der Waals surface area (Å²) in [5, 5.41) is 19.8. The quantitative estimate of drug-likeness (QED) is 0.788. The van der Waals surface area contributed by atoms with Gasteiger partial charge in [0.15, 0.2) is 0 Å². The van der Waals surface area contributed by atoms with Crippen LogP contribution in [0.4, 0.5) is 0 Å². The topological polar surface area (TPSA) is 49.7 Å². The van der Waals surface area contributed by atoms with E-state index in [0.717, 1.165) is 16.9 Å². The van der Waals surface area contributed by atoms with Gasteiger partial charge in [-0.15, -0.1) is 6.58 Å². The molecule has 1 aromatic carbocycles. The number of fused-ring (bicyclic) bond motifs is 1. The standard InChI is InChI=1S/C14H18O3/c1-4-5-9-7-12-10(6-11(9)15)8-13(17-12)14(2,3)16/h4,6-7,13,15-16H,1,5,8H2,2-3H3/t13-/m1/s1. The molecule has 0 amide bonds. The minimum absolute atomic E-state index is 0.254. The maximum absolute atomic E-state index is 9.93. The molecule has 0 bridgehead atoms. The molecule has 0 saturated heterocycles. The van der Waals surface area contributed by atoms with Crippen LogP contribution in [0.25, 0.3) is 0 Å². The fourth-order valence-corrected chi connectivity index (χ4v) is 2.03. The Hall–Kier alpha value is -1.48. The Morgan fingerprint density at radius 3 is 2.82 bits per heavy atom. The van der Waals surface area contributed by atoms with E-state index in [4.69, 9.17) is 4.74 Å². The fraction of sp³-hybridized carbons (Fsp3) is 0.429. The molecule has 0 spiro atoms. The molecule has 1 atom stereocenters. The number of phenols is 1. The second kappa shape index (κ2) is 4.08. The summed E-state index contributed by atoms with van der Waals surface area (Å²) in [5.41, 5.74) is 0.866. The average Bonchev–Trinajstić information content (AvgIpc) is 2.61. The normalized spacial score (nSPS) is 18.6. The number of aliphatic hydroxyl groups is 1. The predicted molar refractivity (Wildman–Crippen MR) is 66.4 cm³/mol. The SMILES string of the molecule is C=CCc1cc2c(cc1O)C[C@H](C(C)(C)O)O2. The average molecular weight is 234 g/mol. The molecule has 0 fully saturated rings. The molecular weight excluding hydrogens is 216 g/mol. The minimum Gasteiger partial charge on any atom is -0.508 e. The van der Waals surface area contributed by atoms with Crippen LogP contribution in [0, 0.1) is 0 Å². The van der Waals surface area contributed by atoms with Crippen molar-refractivity contribution in [1.29, 1.82) is 0 Å². The van der Waals surface area contributed by atoms with Crippen LogP contribution in [0.2, 0.25) is 0 Å². The zero-order chi connectivity index (χ0) is 12.6. The van der Waals surface area contributed by atoms with Crippen LogP contribution in [0.3, 0.4) is 0 Å². The van der Waals surface area contributed by atoms with Gasteiger partial charge >= 0.3 is 0 Å². The number of phenolic OH excluding ortho intramolecular Hbond substituents is 1. The molecule has 0 unspecified atom stereocenters. The molecule has 2 N–H and O–H groups in total. The molecule has 1 heterocycles. The number of hydrogen-bond acceptors (Lipinski definition) is 3. The maximum atomic E-state index is 9.93. The molecule has 92 valence electrons. The lowest BCUT2D eigenvalue weighted by molar-refractivity contribution is -0.0229. The first kappa shape index (κ1) is 12.0. The second-order valence-corrected chi connectivity index (χ2v) is 5.05. The van der Waals surface area contributed by atoms with E-state index in [2.05, 4.69) is 6.58 Å². The van der Waals surface area contributed by atoms with Crippen LogP contribution in [0.5, 0.6) is 11.5 Å². The monoisotopic (exact) mass is 234 g/mol. The molecule has 3 heteroatoms. The van der Waals surface area contributed by atoms with Crippen molar-refractivity contribution < 1.29 is 14.9 Å². The summed E-state index contributed by atoms with van der Waals surface area (Å²) in [6.45, 7) is 7.11. The Bertz CT molecular complexity index is 444. The first-order valence-corrected chi connectivity index (χ1v) is 5.76. The van der Waals surface area contributed by atoms with Crippen molar-refractivity contribution >= 4 is 0 Å². The highest BCUT2D eigenvalue weighted by Crippen LogP contribution is 2.37. The van der Waals surface area contributed by atoms with E-state index < -0.39 is 5.60 Å². The Kier molecular flexibility index (Phi) is 2.87. The van der Waals surface area contributed by atoms with Gasteiger partial charge in [-0.3, -0.25) is 0 Å². The smallest absolute Gasteiger partial charge is 0.131 e. The highest BCUT2D eigenvalue weighted by atomic mass is 16.5. The van der Waals surface area contributed by atoms with Gasteiger partial charge < -0.3 is 14.9 Å². The lowest BCUT2D eigenvalue weighted by Gasteiger charge is -2.24. The highest BCUT2D eigenvalue weighted by molar-refractivity contribution is 5.49. The van der Waals surface area contributed by atoms with Gasteiger partial charge in [-0.1, -0.05) is 6.08 Å². The van der Waals surface area contributed by atoms with Gasteiger partial charge in [0.05, 0.1) is 5.60 Å². The second-order valence-electron chi connectivity index (χ2n) is 5.05. The maximum Gasteiger partial charge on any atom is 0.131 e. The largest absolute Gasteiger partial charge is 0.508 e. The molecule has 1 aliphatic heterocycles. The van der Waals surface area contributed by atoms with E-state index in [0.29, 0.717) is 12.8 Å². The van der Waals surface area contributed by atoms with Gasteiger partial charge in [-0.05, 0) is 32.4 Å². The van der Waals surface area contributed by atoms with E-state index in [-0.39, 0.29) is 11.9 Å². The van der Waals surface area contributed by atoms with Crippen LogP contribution < -0.4 is 4.74 Å². The van der Waals surface area contributed by atoms with Crippen molar-refractivity contribution in [2.75, 3.05) is 0 Å². The molecule has 3 nitrogen and oxygen atoms in total. The van der Waals surface area contributed by atoms with Gasteiger partial charge in [0.25, 0.3) is 0 Å². The third kappa shape index (κ3) is 2.29. The summed E-state index contributed by atoms with van der Waals surface area (Å²) in [5.74, 6) is 1.02. The van der Waals surface area contributed by atoms with Gasteiger partial charge in [0.1, 0.15) is 17.6 Å². The zero-order valence-electron chi connectivity index (χ0n) is 10.2. The van der Waals surface area contributed by atoms with E-state index in [9.17, 15) is 10.2 Å². The summed E-state index contributed by atoms with van der Waals surface area (Å²) in [6, 6.07) is 3.55. The molecule has 0 saturated carbocycles. The molecule has 0 aromatic heterocycles. The number of allylic oxidation sites excluding steroid dienone is 1. The van der Waals surface area contributed by atoms with Crippen molar-refractivity contribution in [1.82, 2.24) is 0 Å². The molecule has 0 aliphatic carbocycles. The Labute approximate surface area is 101 Å². The molecule has 17 heavy (non-hydrogen) atoms. The van der Waals surface area contributed by atoms with Crippen LogP contribution in [0.1, 0.15) is 25.0 Å². The highest BCUT2D eigenvalue weighted by Gasteiger charge is 2.35. The van der Waals surface area contributed by atoms with Crippen LogP contribution >= 0.6 is 0 Å². The fourth-order valence-electron chi connectivity index (χ4n) is 2.03. The van der Waals surface area contributed by atoms with Gasteiger partial charge in [-0.25, -0.2) is 0 Å². The van der Waals surface area contributed by atoms with Crippen molar-refractivity contribution in [2.24, 2.45) is 0 Å². The van der Waals surface area contributed by atoms with Crippen molar-refractivity contribution in [2.45, 2.75) is 38.4 Å². The van der Waals surface area contributed by atoms with Crippen LogP contribution in [0.15, 0.2) is 24.8 Å². The summed E-state index contributed by atoms with van der Waals surface area (Å²) in [7, 11) is 0. The third-order valence-electron chi connectivity index (χ3n) is 3.09. The molecule has 0 radical (unpaired) electrons. The molecule has 1 aliphatic rings. The summed E-state index contributed by atoms with van der Waals surface area (Å²) < 4.78 is 5.72. The summed E-state index contributed by atoms with van der Waals surface area (Å²) in [4.78, 5) is 0. The molecular formula is C14H18O3. The van der Waals surface area contributed by atoms with E-state index >= 15 is 0 Å². The number of ether oxygens (including phenoxy) is 1. The molecule has 1 aromatic rings. The number of rotatable bonds is 3.